The number of halogens is 2. The lowest BCUT2D eigenvalue weighted by atomic mass is 9.97. The van der Waals surface area contributed by atoms with E-state index in [0.29, 0.717) is 5.75 Å². The van der Waals surface area contributed by atoms with Crippen LogP contribution in [0.2, 0.25) is 0 Å². The summed E-state index contributed by atoms with van der Waals surface area (Å²) < 4.78 is 24.2. The van der Waals surface area contributed by atoms with Gasteiger partial charge in [-0.1, -0.05) is 0 Å². The molecule has 1 N–H and O–H groups in total. The van der Waals surface area contributed by atoms with Crippen LogP contribution in [0, 0.1) is 5.82 Å². The smallest absolute Gasteiger partial charge is 0.177 e. The van der Waals surface area contributed by atoms with Crippen LogP contribution < -0.4 is 9.47 Å². The van der Waals surface area contributed by atoms with E-state index in [4.69, 9.17) is 9.47 Å². The second-order valence-electron chi connectivity index (χ2n) is 3.85. The van der Waals surface area contributed by atoms with E-state index in [1.54, 1.807) is 0 Å². The van der Waals surface area contributed by atoms with Crippen LogP contribution in [-0.4, -0.2) is 19.3 Å². The van der Waals surface area contributed by atoms with Crippen LogP contribution in [-0.2, 0) is 5.60 Å². The summed E-state index contributed by atoms with van der Waals surface area (Å²) in [5, 5.41) is 9.82. The molecule has 0 amide bonds. The maximum atomic E-state index is 13.9. The Morgan fingerprint density at radius 3 is 2.25 bits per heavy atom. The minimum atomic E-state index is -1.29. The molecular weight excluding hydrogens is 279 g/mol. The Balaban J connectivity index is 3.51. The summed E-state index contributed by atoms with van der Waals surface area (Å²) in [7, 11) is 2.88. The zero-order chi connectivity index (χ0) is 12.5. The zero-order valence-electron chi connectivity index (χ0n) is 9.60. The van der Waals surface area contributed by atoms with Crippen molar-refractivity contribution in [1.29, 1.82) is 0 Å². The maximum Gasteiger partial charge on any atom is 0.177 e. The first-order valence-electron chi connectivity index (χ1n) is 4.65. The van der Waals surface area contributed by atoms with Gasteiger partial charge in [-0.2, -0.15) is 0 Å². The molecule has 0 radical (unpaired) electrons. The first kappa shape index (κ1) is 13.3. The third kappa shape index (κ3) is 2.30. The lowest BCUT2D eigenvalue weighted by Crippen LogP contribution is -2.18. The molecule has 90 valence electrons. The van der Waals surface area contributed by atoms with Gasteiger partial charge < -0.3 is 14.6 Å². The van der Waals surface area contributed by atoms with Gasteiger partial charge in [0.15, 0.2) is 11.5 Å². The Bertz CT molecular complexity index is 399. The lowest BCUT2D eigenvalue weighted by molar-refractivity contribution is 0.0739. The van der Waals surface area contributed by atoms with Crippen LogP contribution in [0.1, 0.15) is 19.4 Å². The van der Waals surface area contributed by atoms with Crippen molar-refractivity contribution in [1.82, 2.24) is 0 Å². The highest BCUT2D eigenvalue weighted by molar-refractivity contribution is 9.10. The van der Waals surface area contributed by atoms with Crippen molar-refractivity contribution in [3.8, 4) is 11.5 Å². The highest BCUT2D eigenvalue weighted by Crippen LogP contribution is 2.41. The van der Waals surface area contributed by atoms with E-state index < -0.39 is 11.4 Å². The number of rotatable bonds is 3. The van der Waals surface area contributed by atoms with E-state index in [0.717, 1.165) is 0 Å². The molecule has 0 saturated carbocycles. The van der Waals surface area contributed by atoms with Gasteiger partial charge in [0.05, 0.1) is 24.3 Å². The van der Waals surface area contributed by atoms with Gasteiger partial charge >= 0.3 is 0 Å². The van der Waals surface area contributed by atoms with Gasteiger partial charge in [0.25, 0.3) is 0 Å². The molecule has 0 aliphatic rings. The standard InChI is InChI=1S/C11H14BrFO3/c1-11(2,14)6-5-7(15-3)10(16-4)8(12)9(6)13/h5,14H,1-4H3. The average molecular weight is 293 g/mol. The predicted molar refractivity (Wildman–Crippen MR) is 62.4 cm³/mol. The topological polar surface area (TPSA) is 38.7 Å². The van der Waals surface area contributed by atoms with Crippen molar-refractivity contribution >= 4 is 15.9 Å². The molecule has 3 nitrogen and oxygen atoms in total. The Labute approximate surface area is 102 Å². The molecule has 1 aromatic rings. The summed E-state index contributed by atoms with van der Waals surface area (Å²) >= 11 is 3.08. The average Bonchev–Trinajstić information content (AvgIpc) is 2.19. The minimum absolute atomic E-state index is 0.145. The second kappa shape index (κ2) is 4.59. The van der Waals surface area contributed by atoms with E-state index in [2.05, 4.69) is 15.9 Å². The normalized spacial score (nSPS) is 11.4. The predicted octanol–water partition coefficient (Wildman–Crippen LogP) is 2.83. The molecule has 0 fully saturated rings. The van der Waals surface area contributed by atoms with Crippen LogP contribution >= 0.6 is 15.9 Å². The quantitative estimate of drug-likeness (QED) is 0.931. The fraction of sp³-hybridized carbons (Fsp3) is 0.455. The van der Waals surface area contributed by atoms with Gasteiger partial charge in [-0.15, -0.1) is 0 Å². The molecule has 0 atom stereocenters. The minimum Gasteiger partial charge on any atom is -0.493 e. The molecule has 0 spiro atoms. The highest BCUT2D eigenvalue weighted by atomic mass is 79.9. The summed E-state index contributed by atoms with van der Waals surface area (Å²) in [6.45, 7) is 3.01. The molecular formula is C11H14BrFO3. The molecule has 16 heavy (non-hydrogen) atoms. The van der Waals surface area contributed by atoms with Crippen molar-refractivity contribution in [2.45, 2.75) is 19.4 Å². The fourth-order valence-corrected chi connectivity index (χ4v) is 1.94. The molecule has 5 heteroatoms. The van der Waals surface area contributed by atoms with Gasteiger partial charge in [-0.05, 0) is 35.8 Å². The van der Waals surface area contributed by atoms with Crippen molar-refractivity contribution in [3.63, 3.8) is 0 Å². The number of benzene rings is 1. The molecule has 0 heterocycles. The zero-order valence-corrected chi connectivity index (χ0v) is 11.2. The SMILES string of the molecule is COc1cc(C(C)(C)O)c(F)c(Br)c1OC. The molecule has 0 aliphatic heterocycles. The van der Waals surface area contributed by atoms with Crippen molar-refractivity contribution in [3.05, 3.63) is 21.9 Å². The van der Waals surface area contributed by atoms with Gasteiger partial charge in [-0.3, -0.25) is 0 Å². The van der Waals surface area contributed by atoms with Gasteiger partial charge in [0.2, 0.25) is 0 Å². The van der Waals surface area contributed by atoms with Gasteiger partial charge in [0, 0.05) is 5.56 Å². The summed E-state index contributed by atoms with van der Waals surface area (Å²) in [5.41, 5.74) is -1.14. The Morgan fingerprint density at radius 2 is 1.88 bits per heavy atom. The second-order valence-corrected chi connectivity index (χ2v) is 4.64. The molecule has 0 aromatic heterocycles. The Hall–Kier alpha value is -0.810. The number of aliphatic hydroxyl groups is 1. The Kier molecular flexibility index (Phi) is 3.80. The number of methoxy groups -OCH3 is 2. The number of hydrogen-bond acceptors (Lipinski definition) is 3. The summed E-state index contributed by atoms with van der Waals surface area (Å²) in [6, 6.07) is 1.43. The Morgan fingerprint density at radius 1 is 1.31 bits per heavy atom. The monoisotopic (exact) mass is 292 g/mol. The van der Waals surface area contributed by atoms with E-state index in [1.807, 2.05) is 0 Å². The van der Waals surface area contributed by atoms with Crippen LogP contribution in [0.4, 0.5) is 4.39 Å². The molecule has 1 aromatic carbocycles. The maximum absolute atomic E-state index is 13.9. The molecule has 0 saturated heterocycles. The third-order valence-corrected chi connectivity index (χ3v) is 2.92. The molecule has 0 unspecified atom stereocenters. The molecule has 0 bridgehead atoms. The lowest BCUT2D eigenvalue weighted by Gasteiger charge is -2.21. The highest BCUT2D eigenvalue weighted by Gasteiger charge is 2.26. The third-order valence-electron chi connectivity index (χ3n) is 2.21. The molecule has 0 aliphatic carbocycles. The van der Waals surface area contributed by atoms with E-state index >= 15 is 0 Å². The summed E-state index contributed by atoms with van der Waals surface area (Å²) in [4.78, 5) is 0. The number of ether oxygens (including phenoxy) is 2. The van der Waals surface area contributed by atoms with Crippen molar-refractivity contribution in [2.75, 3.05) is 14.2 Å². The first-order chi connectivity index (χ1) is 7.32. The van der Waals surface area contributed by atoms with Crippen molar-refractivity contribution in [2.24, 2.45) is 0 Å². The van der Waals surface area contributed by atoms with Crippen LogP contribution in [0.5, 0.6) is 11.5 Å². The first-order valence-corrected chi connectivity index (χ1v) is 5.45. The van der Waals surface area contributed by atoms with E-state index in [9.17, 15) is 9.50 Å². The van der Waals surface area contributed by atoms with Gasteiger partial charge in [0.1, 0.15) is 5.82 Å². The number of hydrogen-bond donors (Lipinski definition) is 1. The fourth-order valence-electron chi connectivity index (χ4n) is 1.37. The summed E-state index contributed by atoms with van der Waals surface area (Å²) in [5.74, 6) is 0.0889. The molecule has 1 rings (SSSR count). The largest absolute Gasteiger partial charge is 0.493 e. The van der Waals surface area contributed by atoms with Crippen LogP contribution in [0.15, 0.2) is 10.5 Å². The summed E-state index contributed by atoms with van der Waals surface area (Å²) in [6.07, 6.45) is 0. The van der Waals surface area contributed by atoms with Crippen molar-refractivity contribution < 1.29 is 19.0 Å². The van der Waals surface area contributed by atoms with E-state index in [1.165, 1.54) is 34.1 Å². The van der Waals surface area contributed by atoms with E-state index in [-0.39, 0.29) is 15.8 Å². The van der Waals surface area contributed by atoms with Crippen LogP contribution in [0.25, 0.3) is 0 Å². The van der Waals surface area contributed by atoms with Crippen LogP contribution in [0.3, 0.4) is 0 Å². The van der Waals surface area contributed by atoms with Gasteiger partial charge in [-0.25, -0.2) is 4.39 Å².